The van der Waals surface area contributed by atoms with Gasteiger partial charge in [-0.1, -0.05) is 31.2 Å². The third-order valence-electron chi connectivity index (χ3n) is 4.03. The lowest BCUT2D eigenvalue weighted by atomic mass is 10.0. The van der Waals surface area contributed by atoms with Crippen molar-refractivity contribution in [2.45, 2.75) is 18.4 Å². The molecule has 3 rings (SSSR count). The topological polar surface area (TPSA) is 46.2 Å². The zero-order valence-corrected chi connectivity index (χ0v) is 17.5. The summed E-state index contributed by atoms with van der Waals surface area (Å²) in [6.45, 7) is 3.69. The Morgan fingerprint density at radius 3 is 2.15 bits per heavy atom. The van der Waals surface area contributed by atoms with Crippen LogP contribution in [0.1, 0.15) is 11.8 Å². The van der Waals surface area contributed by atoms with E-state index in [1.807, 2.05) is 12.1 Å². The molecular formula is C20H21ClFNO2S2. The first kappa shape index (κ1) is 21.6. The minimum atomic E-state index is -3.22. The van der Waals surface area contributed by atoms with Gasteiger partial charge < -0.3 is 5.32 Å². The predicted octanol–water partition coefficient (Wildman–Crippen LogP) is 5.16. The summed E-state index contributed by atoms with van der Waals surface area (Å²) in [5.41, 5.74) is 2.91. The first-order chi connectivity index (χ1) is 12.4. The summed E-state index contributed by atoms with van der Waals surface area (Å²) in [5.74, 6) is -0.266. The lowest BCUT2D eigenvalue weighted by molar-refractivity contribution is 0.602. The van der Waals surface area contributed by atoms with Crippen LogP contribution in [0.5, 0.6) is 0 Å². The monoisotopic (exact) mass is 425 g/mol. The quantitative estimate of drug-likeness (QED) is 0.593. The second kappa shape index (κ2) is 8.97. The van der Waals surface area contributed by atoms with Crippen LogP contribution in [-0.4, -0.2) is 21.2 Å². The Balaban J connectivity index is 0.00000261. The summed E-state index contributed by atoms with van der Waals surface area (Å²) in [6.07, 6.45) is 1.20. The van der Waals surface area contributed by atoms with E-state index in [1.54, 1.807) is 35.6 Å². The molecule has 2 aromatic carbocycles. The molecule has 0 aliphatic rings. The maximum atomic E-state index is 13.3. The first-order valence-electron chi connectivity index (χ1n) is 8.28. The largest absolute Gasteiger partial charge is 0.312 e. The van der Waals surface area contributed by atoms with Crippen molar-refractivity contribution in [2.75, 3.05) is 12.8 Å². The Bertz CT molecular complexity index is 997. The van der Waals surface area contributed by atoms with Crippen LogP contribution < -0.4 is 5.32 Å². The lowest BCUT2D eigenvalue weighted by Crippen LogP contribution is -2.10. The van der Waals surface area contributed by atoms with Gasteiger partial charge in [-0.2, -0.15) is 0 Å². The number of hydrogen-bond donors (Lipinski definition) is 1. The van der Waals surface area contributed by atoms with Crippen molar-refractivity contribution in [3.63, 3.8) is 0 Å². The minimum Gasteiger partial charge on any atom is -0.312 e. The Hall–Kier alpha value is -1.73. The van der Waals surface area contributed by atoms with Crippen molar-refractivity contribution in [1.82, 2.24) is 5.32 Å². The van der Waals surface area contributed by atoms with Gasteiger partial charge >= 0.3 is 0 Å². The molecule has 1 heterocycles. The lowest BCUT2D eigenvalue weighted by Gasteiger charge is -2.06. The molecule has 0 atom stereocenters. The van der Waals surface area contributed by atoms with Gasteiger partial charge in [0.05, 0.1) is 4.90 Å². The molecule has 0 aliphatic heterocycles. The first-order valence-corrected chi connectivity index (χ1v) is 11.0. The second-order valence-electron chi connectivity index (χ2n) is 6.04. The van der Waals surface area contributed by atoms with Gasteiger partial charge in [-0.3, -0.25) is 0 Å². The molecule has 0 bridgehead atoms. The zero-order chi connectivity index (χ0) is 18.7. The molecule has 0 fully saturated rings. The normalized spacial score (nSPS) is 11.2. The van der Waals surface area contributed by atoms with E-state index in [1.165, 1.54) is 23.3 Å². The molecule has 0 aliphatic carbocycles. The third kappa shape index (κ3) is 5.17. The van der Waals surface area contributed by atoms with Gasteiger partial charge in [-0.05, 0) is 48.0 Å². The van der Waals surface area contributed by atoms with Gasteiger partial charge in [0.2, 0.25) is 0 Å². The number of benzene rings is 2. The van der Waals surface area contributed by atoms with Crippen molar-refractivity contribution < 1.29 is 12.8 Å². The van der Waals surface area contributed by atoms with Gasteiger partial charge in [0.25, 0.3) is 0 Å². The van der Waals surface area contributed by atoms with E-state index >= 15 is 0 Å². The number of hydrogen-bond acceptors (Lipinski definition) is 4. The van der Waals surface area contributed by atoms with E-state index < -0.39 is 9.84 Å². The molecule has 27 heavy (non-hydrogen) atoms. The summed E-state index contributed by atoms with van der Waals surface area (Å²) in [7, 11) is -3.22. The zero-order valence-electron chi connectivity index (χ0n) is 15.0. The van der Waals surface area contributed by atoms with Crippen LogP contribution in [0, 0.1) is 5.82 Å². The molecule has 7 heteroatoms. The van der Waals surface area contributed by atoms with Gasteiger partial charge in [-0.25, -0.2) is 12.8 Å². The van der Waals surface area contributed by atoms with E-state index in [-0.39, 0.29) is 18.2 Å². The molecule has 0 saturated carbocycles. The van der Waals surface area contributed by atoms with Crippen LogP contribution in [0.2, 0.25) is 0 Å². The molecule has 0 unspecified atom stereocenters. The third-order valence-corrected chi connectivity index (χ3v) is 6.34. The highest BCUT2D eigenvalue weighted by Gasteiger charge is 2.14. The van der Waals surface area contributed by atoms with Gasteiger partial charge in [0.15, 0.2) is 9.84 Å². The molecule has 1 aromatic heterocycles. The average molecular weight is 426 g/mol. The van der Waals surface area contributed by atoms with Crippen LogP contribution in [-0.2, 0) is 16.4 Å². The fraction of sp³-hybridized carbons (Fsp3) is 0.200. The Morgan fingerprint density at radius 2 is 1.59 bits per heavy atom. The van der Waals surface area contributed by atoms with Gasteiger partial charge in [-0.15, -0.1) is 23.7 Å². The summed E-state index contributed by atoms with van der Waals surface area (Å²) in [5, 5.41) is 3.32. The Labute approximate surface area is 169 Å². The molecule has 0 spiro atoms. The highest BCUT2D eigenvalue weighted by atomic mass is 35.5. The maximum absolute atomic E-state index is 13.3. The highest BCUT2D eigenvalue weighted by Crippen LogP contribution is 2.39. The smallest absolute Gasteiger partial charge is 0.175 e. The van der Waals surface area contributed by atoms with E-state index in [4.69, 9.17) is 0 Å². The van der Waals surface area contributed by atoms with Crippen LogP contribution in [0.4, 0.5) is 4.39 Å². The molecule has 0 saturated heterocycles. The number of sulfone groups is 1. The van der Waals surface area contributed by atoms with Gasteiger partial charge in [0.1, 0.15) is 5.82 Å². The standard InChI is InChI=1S/C20H20FNO2S2.ClH/c1-3-22-13-17-12-19(14-6-10-18(11-7-14)26(2,23)24)20(25-17)15-4-8-16(21)9-5-15;/h4-12,22H,3,13H2,1-2H3;1H. The summed E-state index contributed by atoms with van der Waals surface area (Å²) in [4.78, 5) is 2.52. The van der Waals surface area contributed by atoms with E-state index in [0.717, 1.165) is 34.7 Å². The van der Waals surface area contributed by atoms with Crippen molar-refractivity contribution in [1.29, 1.82) is 0 Å². The number of nitrogens with one attached hydrogen (secondary N) is 1. The van der Waals surface area contributed by atoms with Crippen LogP contribution in [0.15, 0.2) is 59.5 Å². The SMILES string of the molecule is CCNCc1cc(-c2ccc(S(C)(=O)=O)cc2)c(-c2ccc(F)cc2)s1.Cl. The summed E-state index contributed by atoms with van der Waals surface area (Å²) in [6, 6.07) is 15.5. The number of rotatable bonds is 6. The maximum Gasteiger partial charge on any atom is 0.175 e. The van der Waals surface area contributed by atoms with Crippen LogP contribution in [0.25, 0.3) is 21.6 Å². The van der Waals surface area contributed by atoms with E-state index in [0.29, 0.717) is 4.90 Å². The molecule has 0 amide bonds. The fourth-order valence-electron chi connectivity index (χ4n) is 2.69. The predicted molar refractivity (Wildman–Crippen MR) is 113 cm³/mol. The molecule has 1 N–H and O–H groups in total. The van der Waals surface area contributed by atoms with Gasteiger partial charge in [0, 0.05) is 28.1 Å². The van der Waals surface area contributed by atoms with Crippen molar-refractivity contribution in [3.8, 4) is 21.6 Å². The van der Waals surface area contributed by atoms with E-state index in [9.17, 15) is 12.8 Å². The molecular weight excluding hydrogens is 405 g/mol. The van der Waals surface area contributed by atoms with Crippen molar-refractivity contribution in [2.24, 2.45) is 0 Å². The fourth-order valence-corrected chi connectivity index (χ4v) is 4.47. The van der Waals surface area contributed by atoms with Crippen LogP contribution in [0.3, 0.4) is 0 Å². The highest BCUT2D eigenvalue weighted by molar-refractivity contribution is 7.90. The second-order valence-corrected chi connectivity index (χ2v) is 9.19. The molecule has 3 nitrogen and oxygen atoms in total. The van der Waals surface area contributed by atoms with Crippen LogP contribution >= 0.6 is 23.7 Å². The molecule has 3 aromatic rings. The van der Waals surface area contributed by atoms with E-state index in [2.05, 4.69) is 18.3 Å². The number of thiophene rings is 1. The molecule has 144 valence electrons. The average Bonchev–Trinajstić information content (AvgIpc) is 3.04. The Kier molecular flexibility index (Phi) is 7.17. The summed E-state index contributed by atoms with van der Waals surface area (Å²) >= 11 is 1.66. The van der Waals surface area contributed by atoms with Crippen molar-refractivity contribution in [3.05, 3.63) is 65.3 Å². The molecule has 0 radical (unpaired) electrons. The minimum absolute atomic E-state index is 0. The summed E-state index contributed by atoms with van der Waals surface area (Å²) < 4.78 is 36.7. The van der Waals surface area contributed by atoms with Crippen molar-refractivity contribution >= 4 is 33.6 Å². The Morgan fingerprint density at radius 1 is 1.00 bits per heavy atom. The number of halogens is 2.